The van der Waals surface area contributed by atoms with Crippen molar-refractivity contribution < 1.29 is 17.9 Å². The van der Waals surface area contributed by atoms with Crippen LogP contribution in [0.1, 0.15) is 25.3 Å². The molecule has 1 fully saturated rings. The molecular weight excluding hydrogens is 338 g/mol. The van der Waals surface area contributed by atoms with E-state index < -0.39 is 20.5 Å². The largest absolute Gasteiger partial charge is 0.492 e. The fourth-order valence-electron chi connectivity index (χ4n) is 2.76. The number of ether oxygens (including phenoxy) is 1. The molecule has 0 radical (unpaired) electrons. The van der Waals surface area contributed by atoms with Gasteiger partial charge in [-0.05, 0) is 51.0 Å². The summed E-state index contributed by atoms with van der Waals surface area (Å²) in [5.74, 6) is 0.0297. The Morgan fingerprint density at radius 1 is 1.12 bits per heavy atom. The van der Waals surface area contributed by atoms with Gasteiger partial charge in [0.15, 0.2) is 14.6 Å². The van der Waals surface area contributed by atoms with Crippen LogP contribution < -0.4 is 10.1 Å². The number of nitrogens with one attached hydrogen (secondary N) is 1. The summed E-state index contributed by atoms with van der Waals surface area (Å²) in [4.78, 5) is 13.0. The van der Waals surface area contributed by atoms with E-state index in [0.717, 1.165) is 5.56 Å². The Bertz CT molecular complexity index is 884. The quantitative estimate of drug-likeness (QED) is 0.858. The lowest BCUT2D eigenvalue weighted by Crippen LogP contribution is -2.37. The van der Waals surface area contributed by atoms with Crippen LogP contribution in [0.2, 0.25) is 0 Å². The minimum atomic E-state index is -3.74. The zero-order valence-electron chi connectivity index (χ0n) is 14.3. The maximum atomic E-state index is 13.0. The highest BCUT2D eigenvalue weighted by Crippen LogP contribution is 2.48. The molecule has 0 atom stereocenters. The number of benzene rings is 2. The predicted octanol–water partition coefficient (Wildman–Crippen LogP) is 3.34. The Kier molecular flexibility index (Phi) is 4.56. The summed E-state index contributed by atoms with van der Waals surface area (Å²) in [5, 5.41) is 2.74. The van der Waals surface area contributed by atoms with Gasteiger partial charge in [0.05, 0.1) is 17.2 Å². The highest BCUT2D eigenvalue weighted by molar-refractivity contribution is 7.94. The van der Waals surface area contributed by atoms with Crippen molar-refractivity contribution in [1.29, 1.82) is 0 Å². The summed E-state index contributed by atoms with van der Waals surface area (Å²) in [5.41, 5.74) is 1.46. The van der Waals surface area contributed by atoms with Crippen LogP contribution in [0.4, 0.5) is 5.69 Å². The van der Waals surface area contributed by atoms with Gasteiger partial charge in [-0.25, -0.2) is 8.42 Å². The molecule has 2 aromatic carbocycles. The monoisotopic (exact) mass is 359 g/mol. The predicted molar refractivity (Wildman–Crippen MR) is 96.6 cm³/mol. The fraction of sp³-hybridized carbons (Fsp3) is 0.316. The van der Waals surface area contributed by atoms with Crippen molar-refractivity contribution in [3.8, 4) is 5.75 Å². The van der Waals surface area contributed by atoms with Crippen molar-refractivity contribution in [1.82, 2.24) is 0 Å². The molecule has 3 rings (SSSR count). The molecule has 0 bridgehead atoms. The maximum absolute atomic E-state index is 13.0. The van der Waals surface area contributed by atoms with E-state index in [1.807, 2.05) is 13.8 Å². The number of sulfone groups is 1. The van der Waals surface area contributed by atoms with E-state index in [1.165, 1.54) is 0 Å². The van der Waals surface area contributed by atoms with Gasteiger partial charge in [0, 0.05) is 0 Å². The first-order valence-electron chi connectivity index (χ1n) is 8.25. The lowest BCUT2D eigenvalue weighted by atomic mass is 10.2. The van der Waals surface area contributed by atoms with Crippen molar-refractivity contribution in [3.05, 3.63) is 54.1 Å². The summed E-state index contributed by atoms with van der Waals surface area (Å²) in [6, 6.07) is 13.6. The summed E-state index contributed by atoms with van der Waals surface area (Å²) >= 11 is 0. The second-order valence-corrected chi connectivity index (χ2v) is 8.45. The molecule has 1 aliphatic rings. The number of carbonyl (C=O) groups excluding carboxylic acids is 1. The van der Waals surface area contributed by atoms with E-state index >= 15 is 0 Å². The smallest absolute Gasteiger partial charge is 0.246 e. The normalized spacial score (nSPS) is 15.4. The van der Waals surface area contributed by atoms with Crippen LogP contribution in [-0.4, -0.2) is 25.7 Å². The minimum absolute atomic E-state index is 0.184. The lowest BCUT2D eigenvalue weighted by molar-refractivity contribution is -0.116. The third-order valence-corrected chi connectivity index (χ3v) is 6.91. The number of carbonyl (C=O) groups is 1. The first-order valence-corrected chi connectivity index (χ1v) is 9.73. The van der Waals surface area contributed by atoms with Crippen LogP contribution >= 0.6 is 0 Å². The third-order valence-electron chi connectivity index (χ3n) is 4.40. The number of aryl methyl sites for hydroxylation is 1. The lowest BCUT2D eigenvalue weighted by Gasteiger charge is -2.18. The summed E-state index contributed by atoms with van der Waals surface area (Å²) in [6.07, 6.45) is 0.650. The van der Waals surface area contributed by atoms with Crippen LogP contribution in [0.25, 0.3) is 0 Å². The highest BCUT2D eigenvalue weighted by Gasteiger charge is 2.61. The van der Waals surface area contributed by atoms with Crippen molar-refractivity contribution in [2.45, 2.75) is 36.3 Å². The van der Waals surface area contributed by atoms with Crippen molar-refractivity contribution >= 4 is 21.4 Å². The molecule has 1 aliphatic carbocycles. The van der Waals surface area contributed by atoms with Gasteiger partial charge in [0.2, 0.25) is 5.91 Å². The van der Waals surface area contributed by atoms with E-state index in [2.05, 4.69) is 5.32 Å². The standard InChI is InChI=1S/C19H21NO4S/c1-3-24-17-7-5-4-6-16(17)20-18(21)19(12-13-19)25(22,23)15-10-8-14(2)9-11-15/h4-11H,3,12-13H2,1-2H3,(H,20,21). The van der Waals surface area contributed by atoms with Gasteiger partial charge in [0.25, 0.3) is 0 Å². The number of amides is 1. The van der Waals surface area contributed by atoms with Gasteiger partial charge in [-0.15, -0.1) is 0 Å². The van der Waals surface area contributed by atoms with Gasteiger partial charge in [-0.1, -0.05) is 29.8 Å². The molecule has 0 unspecified atom stereocenters. The minimum Gasteiger partial charge on any atom is -0.492 e. The topological polar surface area (TPSA) is 72.5 Å². The van der Waals surface area contributed by atoms with Crippen molar-refractivity contribution in [2.75, 3.05) is 11.9 Å². The van der Waals surface area contributed by atoms with E-state index in [1.54, 1.807) is 48.5 Å². The number of anilines is 1. The average molecular weight is 359 g/mol. The molecule has 1 amide bonds. The van der Waals surface area contributed by atoms with Crippen LogP contribution in [0, 0.1) is 6.92 Å². The molecule has 1 saturated carbocycles. The molecule has 5 nitrogen and oxygen atoms in total. The van der Waals surface area contributed by atoms with E-state index in [9.17, 15) is 13.2 Å². The maximum Gasteiger partial charge on any atom is 0.246 e. The Hall–Kier alpha value is -2.34. The number of rotatable bonds is 6. The number of hydrogen-bond donors (Lipinski definition) is 1. The van der Waals surface area contributed by atoms with E-state index in [0.29, 0.717) is 30.9 Å². The second kappa shape index (κ2) is 6.52. The molecule has 0 aromatic heterocycles. The molecule has 0 saturated heterocycles. The average Bonchev–Trinajstić information content (AvgIpc) is 3.40. The molecule has 25 heavy (non-hydrogen) atoms. The van der Waals surface area contributed by atoms with Crippen LogP contribution in [0.15, 0.2) is 53.4 Å². The van der Waals surface area contributed by atoms with Crippen LogP contribution in [-0.2, 0) is 14.6 Å². The Morgan fingerprint density at radius 2 is 1.76 bits per heavy atom. The molecule has 2 aromatic rings. The van der Waals surface area contributed by atoms with Gasteiger partial charge in [0.1, 0.15) is 5.75 Å². The fourth-order valence-corrected chi connectivity index (χ4v) is 4.64. The zero-order valence-corrected chi connectivity index (χ0v) is 15.1. The van der Waals surface area contributed by atoms with Gasteiger partial charge >= 0.3 is 0 Å². The zero-order chi connectivity index (χ0) is 18.1. The Balaban J connectivity index is 1.88. The Labute approximate surface area is 147 Å². The van der Waals surface area contributed by atoms with Gasteiger partial charge in [-0.3, -0.25) is 4.79 Å². The molecular formula is C19H21NO4S. The summed E-state index contributed by atoms with van der Waals surface area (Å²) < 4.78 is 30.1. The van der Waals surface area contributed by atoms with Gasteiger partial charge < -0.3 is 10.1 Å². The molecule has 0 spiro atoms. The van der Waals surface area contributed by atoms with Gasteiger partial charge in [-0.2, -0.15) is 0 Å². The molecule has 0 heterocycles. The van der Waals surface area contributed by atoms with E-state index in [-0.39, 0.29) is 4.90 Å². The first kappa shape index (κ1) is 17.5. The highest BCUT2D eigenvalue weighted by atomic mass is 32.2. The second-order valence-electron chi connectivity index (χ2n) is 6.19. The molecule has 0 aliphatic heterocycles. The number of hydrogen-bond acceptors (Lipinski definition) is 4. The van der Waals surface area contributed by atoms with Crippen LogP contribution in [0.5, 0.6) is 5.75 Å². The number of para-hydroxylation sites is 2. The van der Waals surface area contributed by atoms with Crippen LogP contribution in [0.3, 0.4) is 0 Å². The molecule has 132 valence electrons. The summed E-state index contributed by atoms with van der Waals surface area (Å²) in [7, 11) is -3.74. The molecule has 1 N–H and O–H groups in total. The third kappa shape index (κ3) is 3.14. The Morgan fingerprint density at radius 3 is 2.36 bits per heavy atom. The first-order chi connectivity index (χ1) is 11.9. The van der Waals surface area contributed by atoms with E-state index in [4.69, 9.17) is 4.74 Å². The molecule has 6 heteroatoms. The SMILES string of the molecule is CCOc1ccccc1NC(=O)C1(S(=O)(=O)c2ccc(C)cc2)CC1. The van der Waals surface area contributed by atoms with Crippen molar-refractivity contribution in [3.63, 3.8) is 0 Å². The van der Waals surface area contributed by atoms with Crippen molar-refractivity contribution in [2.24, 2.45) is 0 Å². The summed E-state index contributed by atoms with van der Waals surface area (Å²) in [6.45, 7) is 4.20.